The Kier molecular flexibility index (Phi) is 3.59. The van der Waals surface area contributed by atoms with Crippen LogP contribution < -0.4 is 5.32 Å². The highest BCUT2D eigenvalue weighted by molar-refractivity contribution is 9.10. The van der Waals surface area contributed by atoms with Gasteiger partial charge in [-0.15, -0.1) is 0 Å². The maximum Gasteiger partial charge on any atom is 0.234 e. The van der Waals surface area contributed by atoms with Gasteiger partial charge in [-0.1, -0.05) is 34.1 Å². The van der Waals surface area contributed by atoms with Gasteiger partial charge in [-0.05, 0) is 30.9 Å². The number of carbonyl (C=O) groups is 1. The molecule has 2 rings (SSSR count). The zero-order valence-corrected chi connectivity index (χ0v) is 10.3. The first-order valence-corrected chi connectivity index (χ1v) is 6.26. The fourth-order valence-corrected chi connectivity index (χ4v) is 1.95. The highest BCUT2D eigenvalue weighted by Crippen LogP contribution is 2.20. The number of hydrogen-bond donors (Lipinski definition) is 1. The van der Waals surface area contributed by atoms with Crippen LogP contribution in [0.3, 0.4) is 0 Å². The van der Waals surface area contributed by atoms with Crippen LogP contribution in [0.1, 0.15) is 18.4 Å². The monoisotopic (exact) mass is 285 g/mol. The van der Waals surface area contributed by atoms with Crippen LogP contribution in [0.25, 0.3) is 0 Å². The van der Waals surface area contributed by atoms with E-state index in [0.29, 0.717) is 18.0 Å². The second-order valence-corrected chi connectivity index (χ2v) is 5.15. The predicted octanol–water partition coefficient (Wildman–Crippen LogP) is 2.41. The van der Waals surface area contributed by atoms with Crippen molar-refractivity contribution in [2.45, 2.75) is 30.1 Å². The summed E-state index contributed by atoms with van der Waals surface area (Å²) in [4.78, 5) is 11.3. The lowest BCUT2D eigenvalue weighted by atomic mass is 10.1. The zero-order valence-electron chi connectivity index (χ0n) is 8.75. The van der Waals surface area contributed by atoms with E-state index in [-0.39, 0.29) is 16.6 Å². The molecule has 16 heavy (non-hydrogen) atoms. The molecule has 4 heteroatoms. The van der Waals surface area contributed by atoms with Crippen LogP contribution in [0.5, 0.6) is 0 Å². The van der Waals surface area contributed by atoms with E-state index < -0.39 is 0 Å². The molecule has 1 N–H and O–H groups in total. The number of carbonyl (C=O) groups excluding carboxylic acids is 1. The zero-order chi connectivity index (χ0) is 11.5. The number of alkyl halides is 1. The highest BCUT2D eigenvalue weighted by Gasteiger charge is 2.26. The van der Waals surface area contributed by atoms with Gasteiger partial charge in [0.1, 0.15) is 5.82 Å². The fourth-order valence-electron chi connectivity index (χ4n) is 1.47. The van der Waals surface area contributed by atoms with E-state index in [9.17, 15) is 9.18 Å². The number of nitrogens with one attached hydrogen (secondary N) is 1. The van der Waals surface area contributed by atoms with E-state index in [4.69, 9.17) is 0 Å². The molecule has 0 spiro atoms. The van der Waals surface area contributed by atoms with Crippen LogP contribution in [0.15, 0.2) is 24.3 Å². The molecule has 2 nitrogen and oxygen atoms in total. The van der Waals surface area contributed by atoms with Crippen LogP contribution in [0, 0.1) is 5.82 Å². The predicted molar refractivity (Wildman–Crippen MR) is 64.0 cm³/mol. The van der Waals surface area contributed by atoms with Gasteiger partial charge < -0.3 is 5.32 Å². The number of hydrogen-bond acceptors (Lipinski definition) is 1. The molecular formula is C12H13BrFNO. The molecule has 0 bridgehead atoms. The van der Waals surface area contributed by atoms with Gasteiger partial charge in [-0.3, -0.25) is 4.79 Å². The van der Waals surface area contributed by atoms with Crippen LogP contribution >= 0.6 is 15.9 Å². The quantitative estimate of drug-likeness (QED) is 0.846. The number of benzene rings is 1. The second-order valence-electron chi connectivity index (χ2n) is 4.05. The lowest BCUT2D eigenvalue weighted by molar-refractivity contribution is -0.120. The first-order chi connectivity index (χ1) is 7.66. The number of amides is 1. The molecular weight excluding hydrogens is 273 g/mol. The van der Waals surface area contributed by atoms with Gasteiger partial charge in [0.15, 0.2) is 0 Å². The minimum atomic E-state index is -0.356. The molecule has 1 aliphatic rings. The van der Waals surface area contributed by atoms with Crippen LogP contribution in [-0.4, -0.2) is 16.8 Å². The van der Waals surface area contributed by atoms with Gasteiger partial charge >= 0.3 is 0 Å². The molecule has 0 aliphatic heterocycles. The average molecular weight is 286 g/mol. The molecule has 1 aromatic carbocycles. The van der Waals surface area contributed by atoms with Gasteiger partial charge in [0.2, 0.25) is 5.91 Å². The lowest BCUT2D eigenvalue weighted by Gasteiger charge is -2.10. The maximum absolute atomic E-state index is 13.3. The van der Waals surface area contributed by atoms with Crippen molar-refractivity contribution in [1.29, 1.82) is 0 Å². The summed E-state index contributed by atoms with van der Waals surface area (Å²) in [7, 11) is 0. The van der Waals surface area contributed by atoms with Gasteiger partial charge in [0.25, 0.3) is 0 Å². The Bertz CT molecular complexity index is 392. The summed E-state index contributed by atoms with van der Waals surface area (Å²) in [5, 5.41) is 2.89. The van der Waals surface area contributed by atoms with Gasteiger partial charge in [0.05, 0.1) is 4.83 Å². The largest absolute Gasteiger partial charge is 0.352 e. The summed E-state index contributed by atoms with van der Waals surface area (Å²) in [6, 6.07) is 6.87. The average Bonchev–Trinajstić information content (AvgIpc) is 3.05. The smallest absolute Gasteiger partial charge is 0.234 e. The first kappa shape index (κ1) is 11.6. The highest BCUT2D eigenvalue weighted by atomic mass is 79.9. The van der Waals surface area contributed by atoms with Crippen molar-refractivity contribution in [3.63, 3.8) is 0 Å². The molecule has 1 amide bonds. The molecule has 1 atom stereocenters. The SMILES string of the molecule is O=C(NC1CC1)C(Br)Cc1ccccc1F. The summed E-state index contributed by atoms with van der Waals surface area (Å²) in [6.45, 7) is 0. The van der Waals surface area contributed by atoms with E-state index in [2.05, 4.69) is 21.2 Å². The summed E-state index contributed by atoms with van der Waals surface area (Å²) in [5.74, 6) is -0.308. The minimum Gasteiger partial charge on any atom is -0.352 e. The second kappa shape index (κ2) is 4.95. The third kappa shape index (κ3) is 3.04. The summed E-state index contributed by atoms with van der Waals surface area (Å²) in [5.41, 5.74) is 0.565. The van der Waals surface area contributed by atoms with E-state index in [1.165, 1.54) is 6.07 Å². The van der Waals surface area contributed by atoms with E-state index in [0.717, 1.165) is 12.8 Å². The molecule has 1 saturated carbocycles. The fraction of sp³-hybridized carbons (Fsp3) is 0.417. The van der Waals surface area contributed by atoms with E-state index >= 15 is 0 Å². The lowest BCUT2D eigenvalue weighted by Crippen LogP contribution is -2.33. The third-order valence-corrected chi connectivity index (χ3v) is 3.30. The Morgan fingerprint density at radius 3 is 2.81 bits per heavy atom. The van der Waals surface area contributed by atoms with E-state index in [1.807, 2.05) is 0 Å². The van der Waals surface area contributed by atoms with Gasteiger partial charge in [-0.25, -0.2) is 4.39 Å². The Labute approximate surface area is 102 Å². The van der Waals surface area contributed by atoms with Crippen molar-refractivity contribution in [2.24, 2.45) is 0 Å². The van der Waals surface area contributed by atoms with Gasteiger partial charge in [-0.2, -0.15) is 0 Å². The molecule has 1 aromatic rings. The molecule has 0 radical (unpaired) electrons. The van der Waals surface area contributed by atoms with Crippen molar-refractivity contribution in [2.75, 3.05) is 0 Å². The van der Waals surface area contributed by atoms with Crippen molar-refractivity contribution in [1.82, 2.24) is 5.32 Å². The molecule has 0 aromatic heterocycles. The molecule has 86 valence electrons. The Hall–Kier alpha value is -0.900. The van der Waals surface area contributed by atoms with Crippen molar-refractivity contribution < 1.29 is 9.18 Å². The molecule has 1 aliphatic carbocycles. The van der Waals surface area contributed by atoms with Crippen LogP contribution in [-0.2, 0) is 11.2 Å². The number of halogens is 2. The standard InChI is InChI=1S/C12H13BrFNO/c13-10(12(16)15-9-5-6-9)7-8-3-1-2-4-11(8)14/h1-4,9-10H,5-7H2,(H,15,16). The molecule has 1 unspecified atom stereocenters. The summed E-state index contributed by atoms with van der Waals surface area (Å²) >= 11 is 3.29. The Balaban J connectivity index is 1.92. The molecule has 1 fully saturated rings. The topological polar surface area (TPSA) is 29.1 Å². The maximum atomic E-state index is 13.3. The first-order valence-electron chi connectivity index (χ1n) is 5.34. The normalized spacial score (nSPS) is 16.9. The van der Waals surface area contributed by atoms with Crippen molar-refractivity contribution in [3.05, 3.63) is 35.6 Å². The third-order valence-electron chi connectivity index (χ3n) is 2.57. The van der Waals surface area contributed by atoms with E-state index in [1.54, 1.807) is 18.2 Å². The number of rotatable bonds is 4. The molecule has 0 heterocycles. The summed E-state index contributed by atoms with van der Waals surface area (Å²) in [6.07, 6.45) is 2.50. The van der Waals surface area contributed by atoms with Crippen molar-refractivity contribution >= 4 is 21.8 Å². The molecule has 0 saturated heterocycles. The van der Waals surface area contributed by atoms with Crippen molar-refractivity contribution in [3.8, 4) is 0 Å². The summed E-state index contributed by atoms with van der Waals surface area (Å²) < 4.78 is 13.3. The van der Waals surface area contributed by atoms with Crippen LogP contribution in [0.4, 0.5) is 4.39 Å². The van der Waals surface area contributed by atoms with Gasteiger partial charge in [0, 0.05) is 6.04 Å². The Morgan fingerprint density at radius 1 is 1.50 bits per heavy atom. The minimum absolute atomic E-state index is 0.0502. The Morgan fingerprint density at radius 2 is 2.19 bits per heavy atom. The van der Waals surface area contributed by atoms with Crippen LogP contribution in [0.2, 0.25) is 0 Å².